The van der Waals surface area contributed by atoms with Crippen molar-refractivity contribution < 1.29 is 13.0 Å². The zero-order valence-electron chi connectivity index (χ0n) is 6.34. The number of hydrogen-bond acceptors (Lipinski definition) is 4. The second-order valence-electron chi connectivity index (χ2n) is 2.84. The van der Waals surface area contributed by atoms with Gasteiger partial charge in [-0.05, 0) is 20.9 Å². The van der Waals surface area contributed by atoms with Crippen molar-refractivity contribution in [1.29, 1.82) is 0 Å². The molecule has 0 aliphatic rings. The van der Waals surface area contributed by atoms with Crippen LogP contribution in [0.15, 0.2) is 0 Å². The Balaban J connectivity index is 4.16. The molecule has 0 aromatic heterocycles. The molecule has 0 saturated carbocycles. The predicted molar refractivity (Wildman–Crippen MR) is 37.7 cm³/mol. The van der Waals surface area contributed by atoms with Crippen molar-refractivity contribution >= 4 is 10.1 Å². The Morgan fingerprint density at radius 2 is 1.90 bits per heavy atom. The van der Waals surface area contributed by atoms with Crippen LogP contribution in [0, 0.1) is 0 Å². The zero-order valence-corrected chi connectivity index (χ0v) is 7.16. The van der Waals surface area contributed by atoms with Crippen molar-refractivity contribution in [2.45, 2.75) is 19.4 Å². The lowest BCUT2D eigenvalue weighted by atomic mass is 10.1. The Kier molecular flexibility index (Phi) is 2.82. The molecule has 0 radical (unpaired) electrons. The van der Waals surface area contributed by atoms with Crippen molar-refractivity contribution in [1.82, 2.24) is 5.32 Å². The molecule has 0 atom stereocenters. The van der Waals surface area contributed by atoms with Gasteiger partial charge in [-0.1, -0.05) is 0 Å². The van der Waals surface area contributed by atoms with E-state index in [0.717, 1.165) is 0 Å². The molecule has 0 aromatic carbocycles. The first kappa shape index (κ1) is 9.87. The van der Waals surface area contributed by atoms with Gasteiger partial charge < -0.3 is 9.87 Å². The van der Waals surface area contributed by atoms with Crippen LogP contribution in [0.2, 0.25) is 0 Å². The standard InChI is InChI=1S/C5H13NO3S/c1-5(2,6-3)4-10(7,8)9/h6H,4H2,1-3H3,(H,7,8,9)/p-1. The normalized spacial score (nSPS) is 13.6. The van der Waals surface area contributed by atoms with Crippen LogP contribution in [0.4, 0.5) is 0 Å². The molecule has 0 heterocycles. The smallest absolute Gasteiger partial charge is 0.0963 e. The molecule has 0 aromatic rings. The molecule has 0 spiro atoms. The molecule has 0 saturated heterocycles. The Morgan fingerprint density at radius 1 is 1.50 bits per heavy atom. The highest BCUT2D eigenvalue weighted by Crippen LogP contribution is 2.03. The zero-order chi connectivity index (χ0) is 8.41. The van der Waals surface area contributed by atoms with E-state index in [-0.39, 0.29) is 5.75 Å². The van der Waals surface area contributed by atoms with Gasteiger partial charge in [0.05, 0.1) is 15.9 Å². The van der Waals surface area contributed by atoms with E-state index >= 15 is 0 Å². The van der Waals surface area contributed by atoms with Crippen LogP contribution in [0.25, 0.3) is 0 Å². The SMILES string of the molecule is CNC(C)(C)CS(=O)(=O)[O-]. The summed E-state index contributed by atoms with van der Waals surface area (Å²) in [6, 6.07) is 0. The third kappa shape index (κ3) is 4.72. The number of rotatable bonds is 3. The number of nitrogens with one attached hydrogen (secondary N) is 1. The molecule has 0 amide bonds. The molecular formula is C5H12NO3S-. The van der Waals surface area contributed by atoms with Crippen molar-refractivity contribution in [3.8, 4) is 0 Å². The predicted octanol–water partition coefficient (Wildman–Crippen LogP) is -0.470. The topological polar surface area (TPSA) is 69.2 Å². The third-order valence-corrected chi connectivity index (χ3v) is 2.29. The second kappa shape index (κ2) is 2.86. The molecule has 62 valence electrons. The van der Waals surface area contributed by atoms with Crippen LogP contribution in [-0.2, 0) is 10.1 Å². The molecule has 5 heteroatoms. The molecule has 0 rings (SSSR count). The maximum absolute atomic E-state index is 10.2. The van der Waals surface area contributed by atoms with E-state index in [2.05, 4.69) is 5.32 Å². The van der Waals surface area contributed by atoms with Gasteiger partial charge in [0, 0.05) is 5.54 Å². The van der Waals surface area contributed by atoms with Crippen molar-refractivity contribution in [3.63, 3.8) is 0 Å². The molecular weight excluding hydrogens is 154 g/mol. The van der Waals surface area contributed by atoms with Gasteiger partial charge >= 0.3 is 0 Å². The highest BCUT2D eigenvalue weighted by Gasteiger charge is 2.17. The second-order valence-corrected chi connectivity index (χ2v) is 4.24. The lowest BCUT2D eigenvalue weighted by Gasteiger charge is -2.24. The van der Waals surface area contributed by atoms with Crippen LogP contribution in [0.3, 0.4) is 0 Å². The Hall–Kier alpha value is -0.130. The minimum atomic E-state index is -4.11. The van der Waals surface area contributed by atoms with Gasteiger partial charge in [0.2, 0.25) is 0 Å². The Bertz CT molecular complexity index is 195. The quantitative estimate of drug-likeness (QED) is 0.575. The van der Waals surface area contributed by atoms with Gasteiger partial charge in [-0.3, -0.25) is 0 Å². The minimum Gasteiger partial charge on any atom is -0.748 e. The molecule has 0 aliphatic carbocycles. The fourth-order valence-electron chi connectivity index (χ4n) is 0.514. The van der Waals surface area contributed by atoms with Crippen LogP contribution in [-0.4, -0.2) is 31.3 Å². The molecule has 0 unspecified atom stereocenters. The molecule has 0 aliphatic heterocycles. The summed E-state index contributed by atoms with van der Waals surface area (Å²) in [6.45, 7) is 3.31. The highest BCUT2D eigenvalue weighted by molar-refractivity contribution is 7.85. The van der Waals surface area contributed by atoms with E-state index in [9.17, 15) is 13.0 Å². The maximum Gasteiger partial charge on any atom is 0.0963 e. The summed E-state index contributed by atoms with van der Waals surface area (Å²) in [5.74, 6) is -0.378. The highest BCUT2D eigenvalue weighted by atomic mass is 32.2. The summed E-state index contributed by atoms with van der Waals surface area (Å²) < 4.78 is 30.6. The monoisotopic (exact) mass is 166 g/mol. The van der Waals surface area contributed by atoms with Crippen LogP contribution in [0.1, 0.15) is 13.8 Å². The van der Waals surface area contributed by atoms with E-state index in [1.807, 2.05) is 0 Å². The van der Waals surface area contributed by atoms with E-state index in [0.29, 0.717) is 0 Å². The van der Waals surface area contributed by atoms with Gasteiger partial charge in [-0.25, -0.2) is 8.42 Å². The first-order chi connectivity index (χ1) is 4.27. The van der Waals surface area contributed by atoms with Crippen LogP contribution < -0.4 is 5.32 Å². The van der Waals surface area contributed by atoms with Crippen molar-refractivity contribution in [2.24, 2.45) is 0 Å². The van der Waals surface area contributed by atoms with Crippen LogP contribution in [0.5, 0.6) is 0 Å². The van der Waals surface area contributed by atoms with Gasteiger partial charge in [-0.15, -0.1) is 0 Å². The lowest BCUT2D eigenvalue weighted by molar-refractivity contribution is 0.417. The van der Waals surface area contributed by atoms with Crippen molar-refractivity contribution in [2.75, 3.05) is 12.8 Å². The Morgan fingerprint density at radius 3 is 2.00 bits per heavy atom. The summed E-state index contributed by atoms with van der Waals surface area (Å²) >= 11 is 0. The summed E-state index contributed by atoms with van der Waals surface area (Å²) in [5.41, 5.74) is -0.624. The summed E-state index contributed by atoms with van der Waals surface area (Å²) in [7, 11) is -2.49. The lowest BCUT2D eigenvalue weighted by Crippen LogP contribution is -2.42. The average molecular weight is 166 g/mol. The van der Waals surface area contributed by atoms with Crippen LogP contribution >= 0.6 is 0 Å². The first-order valence-electron chi connectivity index (χ1n) is 2.89. The van der Waals surface area contributed by atoms with E-state index < -0.39 is 15.7 Å². The molecule has 0 fully saturated rings. The first-order valence-corrected chi connectivity index (χ1v) is 4.47. The van der Waals surface area contributed by atoms with E-state index in [4.69, 9.17) is 0 Å². The molecule has 1 N–H and O–H groups in total. The summed E-state index contributed by atoms with van der Waals surface area (Å²) in [4.78, 5) is 0. The molecule has 4 nitrogen and oxygen atoms in total. The fourth-order valence-corrected chi connectivity index (χ4v) is 1.54. The maximum atomic E-state index is 10.2. The summed E-state index contributed by atoms with van der Waals surface area (Å²) in [5, 5.41) is 2.72. The fraction of sp³-hybridized carbons (Fsp3) is 1.00. The Labute approximate surface area is 61.4 Å². The minimum absolute atomic E-state index is 0.378. The average Bonchev–Trinajstić information content (AvgIpc) is 1.60. The van der Waals surface area contributed by atoms with Gasteiger partial charge in [0.15, 0.2) is 0 Å². The molecule has 0 bridgehead atoms. The van der Waals surface area contributed by atoms with E-state index in [1.165, 1.54) is 0 Å². The van der Waals surface area contributed by atoms with Crippen molar-refractivity contribution in [3.05, 3.63) is 0 Å². The van der Waals surface area contributed by atoms with Gasteiger partial charge in [-0.2, -0.15) is 0 Å². The third-order valence-electron chi connectivity index (χ3n) is 1.21. The summed E-state index contributed by atoms with van der Waals surface area (Å²) in [6.07, 6.45) is 0. The largest absolute Gasteiger partial charge is 0.748 e. The van der Waals surface area contributed by atoms with E-state index in [1.54, 1.807) is 20.9 Å². The molecule has 10 heavy (non-hydrogen) atoms. The van der Waals surface area contributed by atoms with Gasteiger partial charge in [0.1, 0.15) is 0 Å². The number of hydrogen-bond donors (Lipinski definition) is 1. The van der Waals surface area contributed by atoms with Gasteiger partial charge in [0.25, 0.3) is 0 Å².